The lowest BCUT2D eigenvalue weighted by Crippen LogP contribution is -2.37. The van der Waals surface area contributed by atoms with E-state index in [0.29, 0.717) is 14.9 Å². The van der Waals surface area contributed by atoms with Crippen LogP contribution in [0.5, 0.6) is 0 Å². The van der Waals surface area contributed by atoms with Gasteiger partial charge in [0, 0.05) is 5.54 Å². The molecule has 90 valence electrons. The van der Waals surface area contributed by atoms with E-state index in [0.717, 1.165) is 5.56 Å². The Labute approximate surface area is 109 Å². The zero-order valence-electron chi connectivity index (χ0n) is 9.73. The zero-order chi connectivity index (χ0) is 12.5. The number of nitrogens with one attached hydrogen (secondary N) is 1. The van der Waals surface area contributed by atoms with Gasteiger partial charge in [-0.2, -0.15) is 0 Å². The molecule has 0 spiro atoms. The minimum atomic E-state index is -1.40. The van der Waals surface area contributed by atoms with Gasteiger partial charge in [-0.25, -0.2) is 8.93 Å². The first-order valence-corrected chi connectivity index (χ1v) is 6.76. The van der Waals surface area contributed by atoms with Crippen molar-refractivity contribution in [2.45, 2.75) is 38.1 Å². The maximum Gasteiger partial charge on any atom is 0.128 e. The van der Waals surface area contributed by atoms with Crippen molar-refractivity contribution in [1.82, 2.24) is 4.72 Å². The van der Waals surface area contributed by atoms with Crippen molar-refractivity contribution in [3.63, 3.8) is 0 Å². The topological polar surface area (TPSA) is 29.1 Å². The van der Waals surface area contributed by atoms with E-state index in [1.165, 1.54) is 0 Å². The Morgan fingerprint density at radius 1 is 1.19 bits per heavy atom. The van der Waals surface area contributed by atoms with Crippen LogP contribution in [0.1, 0.15) is 26.3 Å². The third-order valence-corrected chi connectivity index (χ3v) is 4.16. The van der Waals surface area contributed by atoms with Crippen LogP contribution >= 0.6 is 23.2 Å². The lowest BCUT2D eigenvalue weighted by atomic mass is 10.1. The second-order valence-corrected chi connectivity index (χ2v) is 6.64. The summed E-state index contributed by atoms with van der Waals surface area (Å²) in [4.78, 5) is 0.448. The fourth-order valence-electron chi connectivity index (χ4n) is 1.19. The molecule has 1 unspecified atom stereocenters. The summed E-state index contributed by atoms with van der Waals surface area (Å²) < 4.78 is 15.0. The fraction of sp³-hybridized carbons (Fsp3) is 0.455. The second-order valence-electron chi connectivity index (χ2n) is 4.68. The summed E-state index contributed by atoms with van der Waals surface area (Å²) in [6, 6.07) is 3.51. The molecule has 16 heavy (non-hydrogen) atoms. The Bertz CT molecular complexity index is 403. The van der Waals surface area contributed by atoms with Crippen molar-refractivity contribution in [2.75, 3.05) is 0 Å². The zero-order valence-corrected chi connectivity index (χ0v) is 12.1. The molecule has 0 aliphatic carbocycles. The van der Waals surface area contributed by atoms with Crippen LogP contribution in [0, 0.1) is 6.92 Å². The average Bonchev–Trinajstić information content (AvgIpc) is 1.96. The summed E-state index contributed by atoms with van der Waals surface area (Å²) in [5.74, 6) is 0. The van der Waals surface area contributed by atoms with Gasteiger partial charge >= 0.3 is 0 Å². The maximum atomic E-state index is 12.0. The molecule has 0 aliphatic heterocycles. The normalized spacial score (nSPS) is 13.9. The van der Waals surface area contributed by atoms with E-state index in [1.807, 2.05) is 27.7 Å². The van der Waals surface area contributed by atoms with Gasteiger partial charge in [-0.3, -0.25) is 0 Å². The van der Waals surface area contributed by atoms with E-state index in [9.17, 15) is 4.21 Å². The second kappa shape index (κ2) is 5.05. The van der Waals surface area contributed by atoms with E-state index in [4.69, 9.17) is 23.2 Å². The lowest BCUT2D eigenvalue weighted by Gasteiger charge is -2.20. The molecule has 1 N–H and O–H groups in total. The summed E-state index contributed by atoms with van der Waals surface area (Å²) in [6.45, 7) is 7.68. The Morgan fingerprint density at radius 2 is 1.62 bits per heavy atom. The molecule has 0 saturated heterocycles. The molecule has 1 aromatic rings. The number of hydrogen-bond donors (Lipinski definition) is 1. The number of halogens is 2. The summed E-state index contributed by atoms with van der Waals surface area (Å²) in [7, 11) is -1.40. The van der Waals surface area contributed by atoms with Crippen molar-refractivity contribution < 1.29 is 4.21 Å². The first-order valence-electron chi connectivity index (χ1n) is 4.86. The third-order valence-electron chi connectivity index (χ3n) is 1.73. The molecular formula is C11H15Cl2NOS. The van der Waals surface area contributed by atoms with Crippen LogP contribution in [0.25, 0.3) is 0 Å². The molecule has 1 atom stereocenters. The van der Waals surface area contributed by atoms with Crippen LogP contribution in [-0.2, 0) is 11.0 Å². The van der Waals surface area contributed by atoms with Gasteiger partial charge in [0.05, 0.1) is 14.9 Å². The summed E-state index contributed by atoms with van der Waals surface area (Å²) in [6.07, 6.45) is 0. The predicted molar refractivity (Wildman–Crippen MR) is 70.5 cm³/mol. The molecule has 1 aromatic carbocycles. The molecule has 0 aliphatic rings. The van der Waals surface area contributed by atoms with Crippen LogP contribution in [0.4, 0.5) is 0 Å². The molecule has 0 heterocycles. The minimum absolute atomic E-state index is 0.262. The first-order chi connectivity index (χ1) is 7.20. The smallest absolute Gasteiger partial charge is 0.128 e. The molecule has 0 aromatic heterocycles. The molecular weight excluding hydrogens is 265 g/mol. The summed E-state index contributed by atoms with van der Waals surface area (Å²) >= 11 is 12.1. The van der Waals surface area contributed by atoms with Gasteiger partial charge in [0.2, 0.25) is 0 Å². The van der Waals surface area contributed by atoms with Gasteiger partial charge < -0.3 is 0 Å². The highest BCUT2D eigenvalue weighted by molar-refractivity contribution is 7.83. The van der Waals surface area contributed by atoms with E-state index in [1.54, 1.807) is 12.1 Å². The molecule has 0 radical (unpaired) electrons. The monoisotopic (exact) mass is 279 g/mol. The van der Waals surface area contributed by atoms with Gasteiger partial charge in [-0.05, 0) is 45.4 Å². The van der Waals surface area contributed by atoms with Crippen molar-refractivity contribution >= 4 is 34.2 Å². The Hall–Kier alpha value is -0.0900. The predicted octanol–water partition coefficient (Wildman–Crippen LogP) is 3.71. The largest absolute Gasteiger partial charge is 0.237 e. The lowest BCUT2D eigenvalue weighted by molar-refractivity contribution is 0.519. The van der Waals surface area contributed by atoms with Gasteiger partial charge in [0.1, 0.15) is 11.0 Å². The molecule has 2 nitrogen and oxygen atoms in total. The number of hydrogen-bond acceptors (Lipinski definition) is 1. The molecule has 0 amide bonds. The first kappa shape index (κ1) is 14.0. The van der Waals surface area contributed by atoms with Crippen molar-refractivity contribution in [3.05, 3.63) is 27.7 Å². The molecule has 0 fully saturated rings. The van der Waals surface area contributed by atoms with E-state index >= 15 is 0 Å². The third kappa shape index (κ3) is 3.74. The summed E-state index contributed by atoms with van der Waals surface area (Å²) in [5.41, 5.74) is 0.689. The number of aryl methyl sites for hydroxylation is 1. The number of rotatable bonds is 2. The average molecular weight is 280 g/mol. The van der Waals surface area contributed by atoms with Crippen molar-refractivity contribution in [2.24, 2.45) is 0 Å². The van der Waals surface area contributed by atoms with Crippen molar-refractivity contribution in [3.8, 4) is 0 Å². The highest BCUT2D eigenvalue weighted by Gasteiger charge is 2.19. The van der Waals surface area contributed by atoms with Crippen LogP contribution < -0.4 is 4.72 Å². The van der Waals surface area contributed by atoms with Crippen LogP contribution in [0.15, 0.2) is 17.0 Å². The minimum Gasteiger partial charge on any atom is -0.237 e. The molecule has 0 bridgehead atoms. The van der Waals surface area contributed by atoms with E-state index < -0.39 is 11.0 Å². The quantitative estimate of drug-likeness (QED) is 0.879. The van der Waals surface area contributed by atoms with Crippen LogP contribution in [0.3, 0.4) is 0 Å². The van der Waals surface area contributed by atoms with Gasteiger partial charge in [0.25, 0.3) is 0 Å². The number of benzene rings is 1. The van der Waals surface area contributed by atoms with E-state index in [2.05, 4.69) is 4.72 Å². The molecule has 0 saturated carbocycles. The summed E-state index contributed by atoms with van der Waals surface area (Å²) in [5, 5.41) is 0.861. The highest BCUT2D eigenvalue weighted by Crippen LogP contribution is 2.29. The SMILES string of the molecule is Cc1cc(Cl)c(S(=O)NC(C)(C)C)c(Cl)c1. The molecule has 1 rings (SSSR count). The molecule has 5 heteroatoms. The van der Waals surface area contributed by atoms with Crippen molar-refractivity contribution in [1.29, 1.82) is 0 Å². The highest BCUT2D eigenvalue weighted by atomic mass is 35.5. The van der Waals surface area contributed by atoms with Gasteiger partial charge in [-0.1, -0.05) is 23.2 Å². The standard InChI is InChI=1S/C11H15Cl2NOS/c1-7-5-8(12)10(9(13)6-7)16(15)14-11(2,3)4/h5-6,14H,1-4H3. The Morgan fingerprint density at radius 3 is 2.00 bits per heavy atom. The Kier molecular flexibility index (Phi) is 4.41. The fourth-order valence-corrected chi connectivity index (χ4v) is 3.34. The maximum absolute atomic E-state index is 12.0. The van der Waals surface area contributed by atoms with Crippen LogP contribution in [0.2, 0.25) is 10.0 Å². The van der Waals surface area contributed by atoms with Crippen LogP contribution in [-0.4, -0.2) is 9.75 Å². The van der Waals surface area contributed by atoms with E-state index in [-0.39, 0.29) is 5.54 Å². The Balaban J connectivity index is 3.10. The van der Waals surface area contributed by atoms with Gasteiger partial charge in [-0.15, -0.1) is 0 Å². The van der Waals surface area contributed by atoms with Gasteiger partial charge in [0.15, 0.2) is 0 Å².